The van der Waals surface area contributed by atoms with E-state index < -0.39 is 0 Å². The second-order valence-electron chi connectivity index (χ2n) is 5.27. The number of thiophene rings is 1. The fourth-order valence-corrected chi connectivity index (χ4v) is 4.03. The second kappa shape index (κ2) is 5.99. The quantitative estimate of drug-likeness (QED) is 0.848. The maximum Gasteiger partial charge on any atom is 0.231 e. The Morgan fingerprint density at radius 2 is 1.95 bits per heavy atom. The standard InChI is InChI=1S/C16H18BrNO2S/c1-9-4-13(11(3)21-9)10(2)18-7-12-5-15-16(6-14(12)17)20-8-19-15/h4-6,10,18H,7-8H2,1-3H3. The molecule has 3 nitrogen and oxygen atoms in total. The molecule has 1 aromatic carbocycles. The van der Waals surface area contributed by atoms with Crippen molar-refractivity contribution in [2.45, 2.75) is 33.4 Å². The van der Waals surface area contributed by atoms with Gasteiger partial charge in [0.25, 0.3) is 0 Å². The monoisotopic (exact) mass is 367 g/mol. The van der Waals surface area contributed by atoms with E-state index in [9.17, 15) is 0 Å². The van der Waals surface area contributed by atoms with Crippen molar-refractivity contribution >= 4 is 27.3 Å². The third kappa shape index (κ3) is 3.10. The predicted octanol–water partition coefficient (Wildman–Crippen LogP) is 4.71. The van der Waals surface area contributed by atoms with Crippen LogP contribution in [0.5, 0.6) is 11.5 Å². The molecule has 2 heterocycles. The Balaban J connectivity index is 1.72. The number of nitrogens with one attached hydrogen (secondary N) is 1. The van der Waals surface area contributed by atoms with Crippen molar-refractivity contribution in [3.63, 3.8) is 0 Å². The van der Waals surface area contributed by atoms with E-state index >= 15 is 0 Å². The van der Waals surface area contributed by atoms with Gasteiger partial charge in [-0.15, -0.1) is 11.3 Å². The van der Waals surface area contributed by atoms with Crippen molar-refractivity contribution in [1.29, 1.82) is 0 Å². The minimum atomic E-state index is 0.308. The summed E-state index contributed by atoms with van der Waals surface area (Å²) in [5, 5.41) is 3.58. The van der Waals surface area contributed by atoms with E-state index in [2.05, 4.69) is 48.1 Å². The molecule has 112 valence electrons. The number of hydrogen-bond donors (Lipinski definition) is 1. The van der Waals surface area contributed by atoms with E-state index in [-0.39, 0.29) is 0 Å². The van der Waals surface area contributed by atoms with Gasteiger partial charge in [0, 0.05) is 26.8 Å². The van der Waals surface area contributed by atoms with Gasteiger partial charge in [0.2, 0.25) is 6.79 Å². The number of ether oxygens (including phenoxy) is 2. The number of benzene rings is 1. The maximum absolute atomic E-state index is 5.44. The molecule has 1 unspecified atom stereocenters. The summed E-state index contributed by atoms with van der Waals surface area (Å²) in [7, 11) is 0. The predicted molar refractivity (Wildman–Crippen MR) is 89.3 cm³/mol. The molecule has 0 spiro atoms. The average Bonchev–Trinajstić information content (AvgIpc) is 3.01. The lowest BCUT2D eigenvalue weighted by Gasteiger charge is -2.15. The molecule has 2 aromatic rings. The first-order valence-corrected chi connectivity index (χ1v) is 8.54. The van der Waals surface area contributed by atoms with Crippen LogP contribution < -0.4 is 14.8 Å². The van der Waals surface area contributed by atoms with Gasteiger partial charge in [0.05, 0.1) is 0 Å². The lowest BCUT2D eigenvalue weighted by Crippen LogP contribution is -2.18. The van der Waals surface area contributed by atoms with E-state index in [0.717, 1.165) is 22.5 Å². The van der Waals surface area contributed by atoms with Crippen LogP contribution in [0.2, 0.25) is 0 Å². The molecular weight excluding hydrogens is 350 g/mol. The van der Waals surface area contributed by atoms with Crippen molar-refractivity contribution < 1.29 is 9.47 Å². The molecule has 21 heavy (non-hydrogen) atoms. The van der Waals surface area contributed by atoms with E-state index in [1.807, 2.05) is 23.5 Å². The first-order valence-electron chi connectivity index (χ1n) is 6.93. The third-order valence-electron chi connectivity index (χ3n) is 3.69. The lowest BCUT2D eigenvalue weighted by molar-refractivity contribution is 0.174. The molecule has 1 atom stereocenters. The molecule has 5 heteroatoms. The van der Waals surface area contributed by atoms with Gasteiger partial charge in [-0.1, -0.05) is 15.9 Å². The molecule has 0 saturated carbocycles. The number of rotatable bonds is 4. The summed E-state index contributed by atoms with van der Waals surface area (Å²) in [6, 6.07) is 6.61. The van der Waals surface area contributed by atoms with Crippen LogP contribution in [0.4, 0.5) is 0 Å². The number of fused-ring (bicyclic) bond motifs is 1. The Bertz CT molecular complexity index is 669. The van der Waals surface area contributed by atoms with Crippen molar-refractivity contribution in [3.8, 4) is 11.5 Å². The van der Waals surface area contributed by atoms with Crippen LogP contribution in [0.1, 0.15) is 33.8 Å². The Morgan fingerprint density at radius 3 is 2.62 bits per heavy atom. The van der Waals surface area contributed by atoms with Crippen LogP contribution >= 0.6 is 27.3 Å². The van der Waals surface area contributed by atoms with Gasteiger partial charge < -0.3 is 14.8 Å². The van der Waals surface area contributed by atoms with E-state index in [1.165, 1.54) is 20.9 Å². The highest BCUT2D eigenvalue weighted by atomic mass is 79.9. The summed E-state index contributed by atoms with van der Waals surface area (Å²) >= 11 is 5.45. The van der Waals surface area contributed by atoms with Gasteiger partial charge in [-0.3, -0.25) is 0 Å². The zero-order valence-corrected chi connectivity index (χ0v) is 14.7. The van der Waals surface area contributed by atoms with Gasteiger partial charge in [0.15, 0.2) is 11.5 Å². The van der Waals surface area contributed by atoms with Gasteiger partial charge in [0.1, 0.15) is 0 Å². The fraction of sp³-hybridized carbons (Fsp3) is 0.375. The first kappa shape index (κ1) is 14.9. The molecule has 1 N–H and O–H groups in total. The van der Waals surface area contributed by atoms with Crippen LogP contribution in [0.25, 0.3) is 0 Å². The molecule has 1 aromatic heterocycles. The molecule has 0 aliphatic carbocycles. The van der Waals surface area contributed by atoms with Crippen molar-refractivity contribution in [3.05, 3.63) is 43.6 Å². The average molecular weight is 368 g/mol. The molecule has 3 rings (SSSR count). The molecule has 0 bridgehead atoms. The molecule has 0 radical (unpaired) electrons. The summed E-state index contributed by atoms with van der Waals surface area (Å²) in [4.78, 5) is 2.75. The molecule has 1 aliphatic heterocycles. The van der Waals surface area contributed by atoms with Gasteiger partial charge in [-0.05, 0) is 50.1 Å². The van der Waals surface area contributed by atoms with Crippen LogP contribution in [-0.4, -0.2) is 6.79 Å². The van der Waals surface area contributed by atoms with Gasteiger partial charge in [-0.25, -0.2) is 0 Å². The van der Waals surface area contributed by atoms with E-state index in [0.29, 0.717) is 12.8 Å². The summed E-state index contributed by atoms with van der Waals surface area (Å²) in [5.41, 5.74) is 2.56. The van der Waals surface area contributed by atoms with Crippen molar-refractivity contribution in [2.24, 2.45) is 0 Å². The molecule has 0 saturated heterocycles. The highest BCUT2D eigenvalue weighted by Gasteiger charge is 2.17. The van der Waals surface area contributed by atoms with Crippen LogP contribution in [0.3, 0.4) is 0 Å². The summed E-state index contributed by atoms with van der Waals surface area (Å²) in [6.07, 6.45) is 0. The Morgan fingerprint density at radius 1 is 1.24 bits per heavy atom. The normalized spacial score (nSPS) is 14.5. The maximum atomic E-state index is 5.44. The Labute approximate surface area is 137 Å². The fourth-order valence-electron chi connectivity index (χ4n) is 2.55. The number of halogens is 1. The minimum Gasteiger partial charge on any atom is -0.454 e. The third-order valence-corrected chi connectivity index (χ3v) is 5.41. The summed E-state index contributed by atoms with van der Waals surface area (Å²) in [5.74, 6) is 1.63. The van der Waals surface area contributed by atoms with E-state index in [4.69, 9.17) is 9.47 Å². The van der Waals surface area contributed by atoms with Crippen LogP contribution in [0.15, 0.2) is 22.7 Å². The van der Waals surface area contributed by atoms with Gasteiger partial charge >= 0.3 is 0 Å². The zero-order chi connectivity index (χ0) is 15.0. The lowest BCUT2D eigenvalue weighted by atomic mass is 10.1. The van der Waals surface area contributed by atoms with Crippen LogP contribution in [-0.2, 0) is 6.54 Å². The largest absolute Gasteiger partial charge is 0.454 e. The smallest absolute Gasteiger partial charge is 0.231 e. The van der Waals surface area contributed by atoms with Crippen molar-refractivity contribution in [1.82, 2.24) is 5.32 Å². The van der Waals surface area contributed by atoms with E-state index in [1.54, 1.807) is 0 Å². The highest BCUT2D eigenvalue weighted by Crippen LogP contribution is 2.37. The molecular formula is C16H18BrNO2S. The zero-order valence-electron chi connectivity index (χ0n) is 12.3. The number of aryl methyl sites for hydroxylation is 2. The second-order valence-corrected chi connectivity index (χ2v) is 7.58. The van der Waals surface area contributed by atoms with Crippen LogP contribution in [0, 0.1) is 13.8 Å². The summed E-state index contributed by atoms with van der Waals surface area (Å²) < 4.78 is 11.9. The Hall–Kier alpha value is -1.04. The summed E-state index contributed by atoms with van der Waals surface area (Å²) in [6.45, 7) is 7.63. The highest BCUT2D eigenvalue weighted by molar-refractivity contribution is 9.10. The Kier molecular flexibility index (Phi) is 4.24. The molecule has 0 amide bonds. The minimum absolute atomic E-state index is 0.308. The van der Waals surface area contributed by atoms with Gasteiger partial charge in [-0.2, -0.15) is 0 Å². The molecule has 0 fully saturated rings. The number of hydrogen-bond acceptors (Lipinski definition) is 4. The molecule has 1 aliphatic rings. The van der Waals surface area contributed by atoms with Crippen molar-refractivity contribution in [2.75, 3.05) is 6.79 Å². The SMILES string of the molecule is Cc1cc(C(C)NCc2cc3c(cc2Br)OCO3)c(C)s1. The topological polar surface area (TPSA) is 30.5 Å². The first-order chi connectivity index (χ1) is 10.0.